The number of hydrogen-bond acceptors (Lipinski definition) is 6. The molecule has 0 aromatic carbocycles. The van der Waals surface area contributed by atoms with Gasteiger partial charge in [0, 0.05) is 24.0 Å². The van der Waals surface area contributed by atoms with Crippen molar-refractivity contribution in [1.82, 2.24) is 20.2 Å². The van der Waals surface area contributed by atoms with Crippen molar-refractivity contribution in [2.75, 3.05) is 0 Å². The molecule has 0 amide bonds. The summed E-state index contributed by atoms with van der Waals surface area (Å²) in [6.07, 6.45) is 1.74. The molecule has 6 heteroatoms. The zero-order chi connectivity index (χ0) is 13.1. The summed E-state index contributed by atoms with van der Waals surface area (Å²) in [6.45, 7) is 6.31. The molecule has 2 rings (SSSR count). The minimum absolute atomic E-state index is 0.441. The maximum absolute atomic E-state index is 5.78. The maximum atomic E-state index is 5.78. The second-order valence-electron chi connectivity index (χ2n) is 3.98. The van der Waals surface area contributed by atoms with Crippen molar-refractivity contribution in [3.05, 3.63) is 34.8 Å². The lowest BCUT2D eigenvalue weighted by atomic mass is 10.1. The summed E-state index contributed by atoms with van der Waals surface area (Å²) in [6, 6.07) is 1.86. The van der Waals surface area contributed by atoms with Crippen LogP contribution in [-0.2, 0) is 6.54 Å². The molecule has 5 nitrogen and oxygen atoms in total. The Morgan fingerprint density at radius 3 is 2.67 bits per heavy atom. The highest BCUT2D eigenvalue weighted by molar-refractivity contribution is 7.99. The van der Waals surface area contributed by atoms with Crippen LogP contribution in [0.15, 0.2) is 22.4 Å². The molecule has 0 radical (unpaired) electrons. The molecule has 0 spiro atoms. The van der Waals surface area contributed by atoms with Gasteiger partial charge in [-0.05, 0) is 44.2 Å². The fourth-order valence-electron chi connectivity index (χ4n) is 1.52. The van der Waals surface area contributed by atoms with Crippen molar-refractivity contribution >= 4 is 11.8 Å². The molecule has 0 bridgehead atoms. The van der Waals surface area contributed by atoms with Crippen molar-refractivity contribution in [3.8, 4) is 0 Å². The Labute approximate surface area is 110 Å². The standard InChI is InChI=1S/C12H15N5S/c1-7-4-5-14-12(15-7)18-11-10(6-13)8(2)9(3)16-17-11/h4-5H,6,13H2,1-3H3. The predicted molar refractivity (Wildman–Crippen MR) is 70.3 cm³/mol. The van der Waals surface area contributed by atoms with Gasteiger partial charge in [0.1, 0.15) is 5.03 Å². The fraction of sp³-hybridized carbons (Fsp3) is 0.333. The number of aryl methyl sites for hydroxylation is 2. The van der Waals surface area contributed by atoms with Gasteiger partial charge in [0.05, 0.1) is 5.69 Å². The third-order valence-corrected chi connectivity index (χ3v) is 3.61. The summed E-state index contributed by atoms with van der Waals surface area (Å²) in [5, 5.41) is 9.76. The van der Waals surface area contributed by atoms with E-state index in [4.69, 9.17) is 5.73 Å². The summed E-state index contributed by atoms with van der Waals surface area (Å²) in [5.74, 6) is 0. The van der Waals surface area contributed by atoms with Crippen molar-refractivity contribution in [1.29, 1.82) is 0 Å². The third kappa shape index (κ3) is 2.65. The van der Waals surface area contributed by atoms with E-state index >= 15 is 0 Å². The van der Waals surface area contributed by atoms with E-state index in [0.717, 1.165) is 27.5 Å². The molecular formula is C12H15N5S. The third-order valence-electron chi connectivity index (χ3n) is 2.71. The second-order valence-corrected chi connectivity index (χ2v) is 4.94. The van der Waals surface area contributed by atoms with Gasteiger partial charge in [0.15, 0.2) is 5.16 Å². The first kappa shape index (κ1) is 12.9. The van der Waals surface area contributed by atoms with E-state index in [-0.39, 0.29) is 0 Å². The van der Waals surface area contributed by atoms with E-state index in [1.165, 1.54) is 11.8 Å². The first-order valence-electron chi connectivity index (χ1n) is 5.62. The van der Waals surface area contributed by atoms with Crippen LogP contribution in [0.5, 0.6) is 0 Å². The Kier molecular flexibility index (Phi) is 3.88. The Morgan fingerprint density at radius 1 is 1.22 bits per heavy atom. The van der Waals surface area contributed by atoms with Crippen molar-refractivity contribution < 1.29 is 0 Å². The second kappa shape index (κ2) is 5.41. The number of rotatable bonds is 3. The van der Waals surface area contributed by atoms with Crippen LogP contribution in [0.4, 0.5) is 0 Å². The molecule has 2 heterocycles. The molecule has 0 atom stereocenters. The van der Waals surface area contributed by atoms with Gasteiger partial charge in [0.2, 0.25) is 0 Å². The van der Waals surface area contributed by atoms with Gasteiger partial charge in [-0.1, -0.05) is 0 Å². The van der Waals surface area contributed by atoms with Crippen LogP contribution in [0.3, 0.4) is 0 Å². The Hall–Kier alpha value is -1.53. The quantitative estimate of drug-likeness (QED) is 0.849. The maximum Gasteiger partial charge on any atom is 0.194 e. The van der Waals surface area contributed by atoms with Gasteiger partial charge < -0.3 is 5.73 Å². The zero-order valence-electron chi connectivity index (χ0n) is 10.6. The zero-order valence-corrected chi connectivity index (χ0v) is 11.5. The first-order valence-corrected chi connectivity index (χ1v) is 6.43. The molecule has 2 aromatic heterocycles. The van der Waals surface area contributed by atoms with Crippen LogP contribution in [0, 0.1) is 20.8 Å². The molecule has 94 valence electrons. The van der Waals surface area contributed by atoms with Crippen molar-refractivity contribution in [3.63, 3.8) is 0 Å². The smallest absolute Gasteiger partial charge is 0.194 e. The largest absolute Gasteiger partial charge is 0.326 e. The number of nitrogens with zero attached hydrogens (tertiary/aromatic N) is 4. The fourth-order valence-corrected chi connectivity index (χ4v) is 2.44. The van der Waals surface area contributed by atoms with Crippen LogP contribution in [0.25, 0.3) is 0 Å². The highest BCUT2D eigenvalue weighted by Crippen LogP contribution is 2.27. The van der Waals surface area contributed by atoms with Gasteiger partial charge in [-0.2, -0.15) is 5.10 Å². The van der Waals surface area contributed by atoms with E-state index in [2.05, 4.69) is 20.2 Å². The molecule has 2 aromatic rings. The minimum atomic E-state index is 0.441. The van der Waals surface area contributed by atoms with Crippen molar-refractivity contribution in [2.24, 2.45) is 5.73 Å². The van der Waals surface area contributed by atoms with Crippen LogP contribution in [0.1, 0.15) is 22.5 Å². The summed E-state index contributed by atoms with van der Waals surface area (Å²) in [7, 11) is 0. The van der Waals surface area contributed by atoms with Gasteiger partial charge in [0.25, 0.3) is 0 Å². The Balaban J connectivity index is 2.37. The first-order chi connectivity index (χ1) is 8.61. The van der Waals surface area contributed by atoms with Crippen LogP contribution in [0.2, 0.25) is 0 Å². The molecule has 0 aliphatic heterocycles. The molecule has 0 fully saturated rings. The molecular weight excluding hydrogens is 246 g/mol. The number of aromatic nitrogens is 4. The summed E-state index contributed by atoms with van der Waals surface area (Å²) in [4.78, 5) is 8.54. The van der Waals surface area contributed by atoms with Gasteiger partial charge in [-0.3, -0.25) is 0 Å². The molecule has 0 unspecified atom stereocenters. The monoisotopic (exact) mass is 261 g/mol. The molecule has 0 aliphatic carbocycles. The van der Waals surface area contributed by atoms with Gasteiger partial charge in [-0.15, -0.1) is 5.10 Å². The van der Waals surface area contributed by atoms with E-state index in [0.29, 0.717) is 11.7 Å². The van der Waals surface area contributed by atoms with Gasteiger partial charge >= 0.3 is 0 Å². The molecule has 0 aliphatic rings. The molecule has 2 N–H and O–H groups in total. The predicted octanol–water partition coefficient (Wildman–Crippen LogP) is 1.80. The Morgan fingerprint density at radius 2 is 2.00 bits per heavy atom. The average Bonchev–Trinajstić information content (AvgIpc) is 2.34. The van der Waals surface area contributed by atoms with E-state index in [1.807, 2.05) is 26.8 Å². The van der Waals surface area contributed by atoms with E-state index in [9.17, 15) is 0 Å². The van der Waals surface area contributed by atoms with E-state index in [1.54, 1.807) is 6.20 Å². The Bertz CT molecular complexity index is 570. The lowest BCUT2D eigenvalue weighted by Gasteiger charge is -2.09. The normalized spacial score (nSPS) is 10.7. The summed E-state index contributed by atoms with van der Waals surface area (Å²) >= 11 is 1.40. The number of hydrogen-bond donors (Lipinski definition) is 1. The summed E-state index contributed by atoms with van der Waals surface area (Å²) < 4.78 is 0. The highest BCUT2D eigenvalue weighted by Gasteiger charge is 2.12. The lowest BCUT2D eigenvalue weighted by Crippen LogP contribution is -2.07. The van der Waals surface area contributed by atoms with Crippen LogP contribution < -0.4 is 5.73 Å². The SMILES string of the molecule is Cc1ccnc(Sc2nnc(C)c(C)c2CN)n1. The minimum Gasteiger partial charge on any atom is -0.326 e. The topological polar surface area (TPSA) is 77.6 Å². The summed E-state index contributed by atoms with van der Waals surface area (Å²) in [5.41, 5.74) is 9.72. The molecule has 18 heavy (non-hydrogen) atoms. The number of nitrogens with two attached hydrogens (primary N) is 1. The molecule has 0 saturated heterocycles. The van der Waals surface area contributed by atoms with Crippen LogP contribution >= 0.6 is 11.8 Å². The van der Waals surface area contributed by atoms with Crippen molar-refractivity contribution in [2.45, 2.75) is 37.5 Å². The molecule has 0 saturated carbocycles. The van der Waals surface area contributed by atoms with Gasteiger partial charge in [-0.25, -0.2) is 9.97 Å². The van der Waals surface area contributed by atoms with Crippen LogP contribution in [-0.4, -0.2) is 20.2 Å². The lowest BCUT2D eigenvalue weighted by molar-refractivity contribution is 0.819. The van der Waals surface area contributed by atoms with E-state index < -0.39 is 0 Å². The highest BCUT2D eigenvalue weighted by atomic mass is 32.2. The average molecular weight is 261 g/mol.